The monoisotopic (exact) mass is 325 g/mol. The second kappa shape index (κ2) is 7.56. The minimum absolute atomic E-state index is 0.0430. The number of carbonyl (C=O) groups excluding carboxylic acids is 1. The number of carbonyl (C=O) groups is 1. The maximum absolute atomic E-state index is 12.1. The van der Waals surface area contributed by atoms with Gasteiger partial charge < -0.3 is 10.2 Å². The Morgan fingerprint density at radius 2 is 2.32 bits per heavy atom. The SMILES string of the molecule is C[C@H]1CCCN(CCNC(=O)c2ccc(Cl)cc2[N+](=O)[O-])C1. The Kier molecular flexibility index (Phi) is 5.74. The smallest absolute Gasteiger partial charge is 0.283 e. The van der Waals surface area contributed by atoms with Crippen molar-refractivity contribution < 1.29 is 9.72 Å². The summed E-state index contributed by atoms with van der Waals surface area (Å²) in [6, 6.07) is 4.07. The van der Waals surface area contributed by atoms with E-state index in [0.29, 0.717) is 12.5 Å². The predicted molar refractivity (Wildman–Crippen MR) is 85.3 cm³/mol. The average Bonchev–Trinajstić information content (AvgIpc) is 2.47. The van der Waals surface area contributed by atoms with E-state index in [1.165, 1.54) is 31.0 Å². The van der Waals surface area contributed by atoms with Crippen LogP contribution in [0.3, 0.4) is 0 Å². The van der Waals surface area contributed by atoms with E-state index in [-0.39, 0.29) is 16.3 Å². The summed E-state index contributed by atoms with van der Waals surface area (Å²) in [5, 5.41) is 14.0. The third kappa shape index (κ3) is 4.42. The number of benzene rings is 1. The molecule has 0 aliphatic carbocycles. The van der Waals surface area contributed by atoms with Crippen LogP contribution in [-0.4, -0.2) is 41.9 Å². The molecule has 2 rings (SSSR count). The molecule has 0 saturated carbocycles. The van der Waals surface area contributed by atoms with Gasteiger partial charge in [-0.2, -0.15) is 0 Å². The van der Waals surface area contributed by atoms with Crippen LogP contribution in [0.25, 0.3) is 0 Å². The molecule has 22 heavy (non-hydrogen) atoms. The van der Waals surface area contributed by atoms with Crippen LogP contribution in [0.1, 0.15) is 30.1 Å². The van der Waals surface area contributed by atoms with Gasteiger partial charge in [0, 0.05) is 30.7 Å². The summed E-state index contributed by atoms with van der Waals surface area (Å²) in [4.78, 5) is 24.8. The summed E-state index contributed by atoms with van der Waals surface area (Å²) in [6.45, 7) is 5.54. The lowest BCUT2D eigenvalue weighted by molar-refractivity contribution is -0.385. The molecule has 1 fully saturated rings. The van der Waals surface area contributed by atoms with E-state index in [9.17, 15) is 14.9 Å². The van der Waals surface area contributed by atoms with Gasteiger partial charge in [-0.05, 0) is 37.4 Å². The second-order valence-corrected chi connectivity index (χ2v) is 6.16. The molecule has 0 aromatic heterocycles. The van der Waals surface area contributed by atoms with Crippen molar-refractivity contribution >= 4 is 23.2 Å². The number of nitrogens with one attached hydrogen (secondary N) is 1. The van der Waals surface area contributed by atoms with E-state index in [4.69, 9.17) is 11.6 Å². The van der Waals surface area contributed by atoms with Gasteiger partial charge in [0.25, 0.3) is 11.6 Å². The fraction of sp³-hybridized carbons (Fsp3) is 0.533. The number of nitrogens with zero attached hydrogens (tertiary/aromatic N) is 2. The maximum atomic E-state index is 12.1. The normalized spacial score (nSPS) is 18.9. The molecule has 1 saturated heterocycles. The summed E-state index contributed by atoms with van der Waals surface area (Å²) in [6.07, 6.45) is 2.43. The highest BCUT2D eigenvalue weighted by Crippen LogP contribution is 2.23. The molecule has 0 spiro atoms. The zero-order chi connectivity index (χ0) is 16.1. The van der Waals surface area contributed by atoms with Gasteiger partial charge in [0.05, 0.1) is 4.92 Å². The molecule has 1 aromatic carbocycles. The number of likely N-dealkylation sites (tertiary alicyclic amines) is 1. The van der Waals surface area contributed by atoms with Crippen molar-refractivity contribution in [2.45, 2.75) is 19.8 Å². The van der Waals surface area contributed by atoms with Crippen molar-refractivity contribution in [3.05, 3.63) is 38.9 Å². The van der Waals surface area contributed by atoms with E-state index >= 15 is 0 Å². The Bertz CT molecular complexity index is 565. The molecule has 1 aliphatic heterocycles. The molecule has 1 amide bonds. The Morgan fingerprint density at radius 1 is 1.55 bits per heavy atom. The van der Waals surface area contributed by atoms with Crippen molar-refractivity contribution in [3.63, 3.8) is 0 Å². The average molecular weight is 326 g/mol. The summed E-state index contributed by atoms with van der Waals surface area (Å²) in [5.74, 6) is 0.246. The van der Waals surface area contributed by atoms with Crippen LogP contribution in [-0.2, 0) is 0 Å². The van der Waals surface area contributed by atoms with Gasteiger partial charge in [0.15, 0.2) is 0 Å². The lowest BCUT2D eigenvalue weighted by Crippen LogP contribution is -2.40. The standard InChI is InChI=1S/C15H20ClN3O3/c1-11-3-2-7-18(10-11)8-6-17-15(20)13-5-4-12(16)9-14(13)19(21)22/h4-5,9,11H,2-3,6-8,10H2,1H3,(H,17,20)/t11-/m0/s1. The number of nitro groups is 1. The highest BCUT2D eigenvalue weighted by atomic mass is 35.5. The van der Waals surface area contributed by atoms with E-state index < -0.39 is 10.8 Å². The zero-order valence-corrected chi connectivity index (χ0v) is 13.3. The zero-order valence-electron chi connectivity index (χ0n) is 12.5. The number of nitro benzene ring substituents is 1. The first-order valence-electron chi connectivity index (χ1n) is 7.42. The minimum atomic E-state index is -0.590. The van der Waals surface area contributed by atoms with Crippen molar-refractivity contribution in [1.29, 1.82) is 0 Å². The van der Waals surface area contributed by atoms with Crippen molar-refractivity contribution in [3.8, 4) is 0 Å². The van der Waals surface area contributed by atoms with Gasteiger partial charge in [0.1, 0.15) is 5.56 Å². The maximum Gasteiger partial charge on any atom is 0.283 e. The van der Waals surface area contributed by atoms with Crippen molar-refractivity contribution in [2.75, 3.05) is 26.2 Å². The van der Waals surface area contributed by atoms with E-state index in [2.05, 4.69) is 17.1 Å². The largest absolute Gasteiger partial charge is 0.351 e. The molecule has 0 radical (unpaired) electrons. The molecule has 1 aliphatic rings. The molecule has 1 aromatic rings. The van der Waals surface area contributed by atoms with Gasteiger partial charge in [0.2, 0.25) is 0 Å². The molecular formula is C15H20ClN3O3. The molecule has 0 unspecified atom stereocenters. The number of hydrogen-bond donors (Lipinski definition) is 1. The lowest BCUT2D eigenvalue weighted by atomic mass is 10.0. The highest BCUT2D eigenvalue weighted by Gasteiger charge is 2.21. The second-order valence-electron chi connectivity index (χ2n) is 5.72. The van der Waals surface area contributed by atoms with Gasteiger partial charge in [-0.15, -0.1) is 0 Å². The van der Waals surface area contributed by atoms with Crippen LogP contribution in [0.5, 0.6) is 0 Å². The van der Waals surface area contributed by atoms with E-state index in [1.54, 1.807) is 0 Å². The molecule has 120 valence electrons. The van der Waals surface area contributed by atoms with E-state index in [1.807, 2.05) is 0 Å². The van der Waals surface area contributed by atoms with Gasteiger partial charge in [-0.3, -0.25) is 14.9 Å². The number of hydrogen-bond acceptors (Lipinski definition) is 4. The first kappa shape index (κ1) is 16.7. The Balaban J connectivity index is 1.91. The molecule has 1 N–H and O–H groups in total. The van der Waals surface area contributed by atoms with Crippen molar-refractivity contribution in [1.82, 2.24) is 10.2 Å². The fourth-order valence-corrected chi connectivity index (χ4v) is 2.93. The molecular weight excluding hydrogens is 306 g/mol. The summed E-state index contributed by atoms with van der Waals surface area (Å²) >= 11 is 5.74. The molecule has 1 atom stereocenters. The lowest BCUT2D eigenvalue weighted by Gasteiger charge is -2.30. The summed E-state index contributed by atoms with van der Waals surface area (Å²) < 4.78 is 0. The molecule has 7 heteroatoms. The number of rotatable bonds is 5. The first-order chi connectivity index (χ1) is 10.5. The Morgan fingerprint density at radius 3 is 3.00 bits per heavy atom. The minimum Gasteiger partial charge on any atom is -0.351 e. The third-order valence-electron chi connectivity index (χ3n) is 3.86. The summed E-state index contributed by atoms with van der Waals surface area (Å²) in [5.41, 5.74) is -0.224. The van der Waals surface area contributed by atoms with Crippen LogP contribution in [0.2, 0.25) is 5.02 Å². The van der Waals surface area contributed by atoms with Crippen molar-refractivity contribution in [2.24, 2.45) is 5.92 Å². The topological polar surface area (TPSA) is 75.5 Å². The molecule has 6 nitrogen and oxygen atoms in total. The van der Waals surface area contributed by atoms with Crippen LogP contribution < -0.4 is 5.32 Å². The fourth-order valence-electron chi connectivity index (χ4n) is 2.76. The van der Waals surface area contributed by atoms with E-state index in [0.717, 1.165) is 19.6 Å². The van der Waals surface area contributed by atoms with Gasteiger partial charge in [-0.25, -0.2) is 0 Å². The van der Waals surface area contributed by atoms with Crippen LogP contribution in [0, 0.1) is 16.0 Å². The van der Waals surface area contributed by atoms with Gasteiger partial charge >= 0.3 is 0 Å². The summed E-state index contributed by atoms with van der Waals surface area (Å²) in [7, 11) is 0. The molecule has 1 heterocycles. The number of amides is 1. The van der Waals surface area contributed by atoms with Crippen LogP contribution >= 0.6 is 11.6 Å². The quantitative estimate of drug-likeness (QED) is 0.667. The van der Waals surface area contributed by atoms with Gasteiger partial charge in [-0.1, -0.05) is 18.5 Å². The van der Waals surface area contributed by atoms with Crippen LogP contribution in [0.15, 0.2) is 18.2 Å². The Labute approximate surface area is 134 Å². The Hall–Kier alpha value is -1.66. The van der Waals surface area contributed by atoms with Crippen LogP contribution in [0.4, 0.5) is 5.69 Å². The highest BCUT2D eigenvalue weighted by molar-refractivity contribution is 6.31. The first-order valence-corrected chi connectivity index (χ1v) is 7.79. The number of halogens is 1. The number of piperidine rings is 1. The third-order valence-corrected chi connectivity index (χ3v) is 4.09. The predicted octanol–water partition coefficient (Wildman–Crippen LogP) is 2.71. The molecule has 0 bridgehead atoms.